The molecule has 2 rings (SSSR count). The maximum absolute atomic E-state index is 13.6. The van der Waals surface area contributed by atoms with Crippen molar-refractivity contribution in [3.63, 3.8) is 0 Å². The largest absolute Gasteiger partial charge is 1.00 e. The third-order valence-electron chi connectivity index (χ3n) is 7.85. The van der Waals surface area contributed by atoms with E-state index in [2.05, 4.69) is 82.9 Å². The van der Waals surface area contributed by atoms with Gasteiger partial charge >= 0.3 is 29.6 Å². The Morgan fingerprint density at radius 1 is 0.818 bits per heavy atom. The molecule has 0 amide bonds. The van der Waals surface area contributed by atoms with Crippen LogP contribution in [0.1, 0.15) is 114 Å². The van der Waals surface area contributed by atoms with Crippen LogP contribution in [0.3, 0.4) is 0 Å². The van der Waals surface area contributed by atoms with Gasteiger partial charge < -0.3 is 19.4 Å². The van der Waals surface area contributed by atoms with Crippen molar-refractivity contribution in [3.8, 4) is 0 Å². The Kier molecular flexibility index (Phi) is 18.3. The number of aliphatic carboxylic acids is 1. The number of carbonyl (C=O) groups excluding carboxylic acids is 2. The van der Waals surface area contributed by atoms with Crippen LogP contribution in [0.15, 0.2) is 76.9 Å². The van der Waals surface area contributed by atoms with Crippen LogP contribution in [0.25, 0.3) is 0 Å². The molecule has 0 fully saturated rings. The first-order chi connectivity index (χ1) is 20.4. The quantitative estimate of drug-likeness (QED) is 0.134. The van der Waals surface area contributed by atoms with Gasteiger partial charge in [0.05, 0.1) is 0 Å². The van der Waals surface area contributed by atoms with E-state index < -0.39 is 5.97 Å². The van der Waals surface area contributed by atoms with Crippen molar-refractivity contribution >= 4 is 17.4 Å². The summed E-state index contributed by atoms with van der Waals surface area (Å²) >= 11 is 0. The first-order valence-corrected chi connectivity index (χ1v) is 15.8. The van der Waals surface area contributed by atoms with Crippen LogP contribution in [0.4, 0.5) is 5.69 Å². The summed E-state index contributed by atoms with van der Waals surface area (Å²) in [6.07, 6.45) is 15.3. The Morgan fingerprint density at radius 3 is 1.80 bits per heavy atom. The monoisotopic (exact) mass is 608 g/mol. The van der Waals surface area contributed by atoms with Crippen LogP contribution in [-0.2, 0) is 24.7 Å². The third-order valence-corrected chi connectivity index (χ3v) is 7.85. The first kappa shape index (κ1) is 39.4. The average molecular weight is 609 g/mol. The number of carboxylic acids is 1. The molecule has 0 unspecified atom stereocenters. The number of hydrogen-bond acceptors (Lipinski definition) is 4. The van der Waals surface area contributed by atoms with Gasteiger partial charge in [0.1, 0.15) is 0 Å². The van der Waals surface area contributed by atoms with Gasteiger partial charge in [-0.15, -0.1) is 0 Å². The van der Waals surface area contributed by atoms with E-state index in [1.807, 2.05) is 36.7 Å². The second-order valence-corrected chi connectivity index (χ2v) is 12.2. The molecular formula is C38H53N2NaO3. The topological polar surface area (TPSA) is 65.4 Å². The molecule has 5 nitrogen and oxygen atoms in total. The van der Waals surface area contributed by atoms with Crippen molar-refractivity contribution in [2.24, 2.45) is 7.05 Å². The molecule has 0 N–H and O–H groups in total. The van der Waals surface area contributed by atoms with Crippen molar-refractivity contribution in [2.45, 2.75) is 99.8 Å². The molecule has 0 spiro atoms. The number of carbonyl (C=O) groups is 2. The molecule has 0 saturated carbocycles. The van der Waals surface area contributed by atoms with E-state index in [4.69, 9.17) is 0 Å². The molecule has 1 aromatic heterocycles. The van der Waals surface area contributed by atoms with E-state index in [9.17, 15) is 14.7 Å². The van der Waals surface area contributed by atoms with E-state index in [1.54, 1.807) is 0 Å². The summed E-state index contributed by atoms with van der Waals surface area (Å²) in [6, 6.07) is 9.91. The van der Waals surface area contributed by atoms with Crippen molar-refractivity contribution in [1.29, 1.82) is 0 Å². The van der Waals surface area contributed by atoms with Gasteiger partial charge in [-0.05, 0) is 123 Å². The Labute approximate surface area is 289 Å². The average Bonchev–Trinajstić information content (AvgIpc) is 3.27. The van der Waals surface area contributed by atoms with Crippen molar-refractivity contribution in [3.05, 3.63) is 99.4 Å². The van der Waals surface area contributed by atoms with Crippen molar-refractivity contribution in [1.82, 2.24) is 4.57 Å². The molecule has 0 aliphatic heterocycles. The number of allylic oxidation sites excluding steroid dienone is 6. The fourth-order valence-corrected chi connectivity index (χ4v) is 5.16. The molecule has 1 aromatic carbocycles. The molecule has 0 radical (unpaired) electrons. The van der Waals surface area contributed by atoms with Gasteiger partial charge in [0.15, 0.2) is 5.78 Å². The van der Waals surface area contributed by atoms with Gasteiger partial charge in [-0.2, -0.15) is 0 Å². The number of aryl methyl sites for hydroxylation is 1. The third kappa shape index (κ3) is 13.6. The fourth-order valence-electron chi connectivity index (χ4n) is 5.16. The molecule has 44 heavy (non-hydrogen) atoms. The number of rotatable bonds is 18. The number of carboxylic acid groups (broad SMARTS) is 1. The zero-order valence-corrected chi connectivity index (χ0v) is 30.9. The minimum absolute atomic E-state index is 0. The maximum Gasteiger partial charge on any atom is 1.00 e. The van der Waals surface area contributed by atoms with Crippen molar-refractivity contribution < 1.29 is 44.3 Å². The number of nitrogens with zero attached hydrogens (tertiary/aromatic N) is 2. The minimum Gasteiger partial charge on any atom is -0.550 e. The normalized spacial score (nSPS) is 11.5. The van der Waals surface area contributed by atoms with Crippen LogP contribution in [0, 0.1) is 0 Å². The standard InChI is InChI=1S/C38H54N2O3.Na/c1-9-36-35(27-34(39(36)8)17-12-18-37(41)42)38(43)32-19-21-33(22-20-32)40(25-23-30(6)15-10-13-28(2)3)26-24-31(7)16-11-14-29(4)5;/h13-14,19-24,27H,9-12,15-18,25-26H2,1-8H3,(H,41,42);/q;+1/p-1/b30-23+,31-24+;. The van der Waals surface area contributed by atoms with E-state index in [0.29, 0.717) is 24.0 Å². The number of ketones is 1. The molecule has 2 aromatic rings. The van der Waals surface area contributed by atoms with Crippen LogP contribution in [-0.4, -0.2) is 29.4 Å². The van der Waals surface area contributed by atoms with E-state index >= 15 is 0 Å². The SMILES string of the molecule is CCc1c(C(=O)c2ccc(N(C/C=C(\C)CCC=C(C)C)C/C=C(\C)CCC=C(C)C)cc2)cc(CCCC(=O)[O-])n1C.[Na+]. The molecule has 1 heterocycles. The van der Waals surface area contributed by atoms with Gasteiger partial charge in [0, 0.05) is 54.3 Å². The van der Waals surface area contributed by atoms with E-state index in [1.165, 1.54) is 22.3 Å². The van der Waals surface area contributed by atoms with Crippen LogP contribution < -0.4 is 39.6 Å². The molecule has 0 bridgehead atoms. The molecule has 234 valence electrons. The number of hydrogen-bond donors (Lipinski definition) is 0. The predicted octanol–water partition coefficient (Wildman–Crippen LogP) is 5.09. The zero-order chi connectivity index (χ0) is 31.9. The summed E-state index contributed by atoms with van der Waals surface area (Å²) < 4.78 is 2.04. The molecule has 0 aliphatic rings. The summed E-state index contributed by atoms with van der Waals surface area (Å²) in [5.74, 6) is -1.04. The Balaban J connectivity index is 0.00000968. The van der Waals surface area contributed by atoms with Crippen LogP contribution in [0.5, 0.6) is 0 Å². The molecule has 0 atom stereocenters. The zero-order valence-electron chi connectivity index (χ0n) is 28.9. The van der Waals surface area contributed by atoms with E-state index in [0.717, 1.165) is 62.3 Å². The number of benzene rings is 1. The Hall–Kier alpha value is -2.60. The van der Waals surface area contributed by atoms with Gasteiger partial charge in [0.25, 0.3) is 0 Å². The fraction of sp³-hybridized carbons (Fsp3) is 0.474. The number of anilines is 1. The predicted molar refractivity (Wildman–Crippen MR) is 180 cm³/mol. The molecule has 0 aliphatic carbocycles. The van der Waals surface area contributed by atoms with Gasteiger partial charge in [0.2, 0.25) is 0 Å². The molecular weight excluding hydrogens is 555 g/mol. The summed E-state index contributed by atoms with van der Waals surface area (Å²) in [6.45, 7) is 16.6. The summed E-state index contributed by atoms with van der Waals surface area (Å²) in [5.41, 5.74) is 9.86. The van der Waals surface area contributed by atoms with Gasteiger partial charge in [-0.3, -0.25) is 4.79 Å². The summed E-state index contributed by atoms with van der Waals surface area (Å²) in [5, 5.41) is 10.9. The summed E-state index contributed by atoms with van der Waals surface area (Å²) in [7, 11) is 1.95. The molecule has 0 saturated heterocycles. The van der Waals surface area contributed by atoms with Crippen LogP contribution >= 0.6 is 0 Å². The number of aromatic nitrogens is 1. The van der Waals surface area contributed by atoms with Crippen molar-refractivity contribution in [2.75, 3.05) is 18.0 Å². The second kappa shape index (κ2) is 20.4. The smallest absolute Gasteiger partial charge is 0.550 e. The molecule has 6 heteroatoms. The van der Waals surface area contributed by atoms with Crippen LogP contribution in [0.2, 0.25) is 0 Å². The van der Waals surface area contributed by atoms with Gasteiger partial charge in [-0.25, -0.2) is 0 Å². The second-order valence-electron chi connectivity index (χ2n) is 12.2. The maximum atomic E-state index is 13.6. The first-order valence-electron chi connectivity index (χ1n) is 15.8. The van der Waals surface area contributed by atoms with Gasteiger partial charge in [-0.1, -0.05) is 53.5 Å². The Bertz CT molecular complexity index is 1290. The summed E-state index contributed by atoms with van der Waals surface area (Å²) in [4.78, 5) is 26.8. The Morgan fingerprint density at radius 2 is 1.34 bits per heavy atom. The van der Waals surface area contributed by atoms with E-state index in [-0.39, 0.29) is 41.8 Å². The minimum atomic E-state index is -1.04.